The molecule has 16 heavy (non-hydrogen) atoms. The van der Waals surface area contributed by atoms with Crippen molar-refractivity contribution in [2.45, 2.75) is 32.6 Å². The van der Waals surface area contributed by atoms with Crippen molar-refractivity contribution < 1.29 is 9.47 Å². The van der Waals surface area contributed by atoms with Gasteiger partial charge in [0.05, 0.1) is 6.61 Å². The van der Waals surface area contributed by atoms with Crippen LogP contribution in [0.15, 0.2) is 18.3 Å². The highest BCUT2D eigenvalue weighted by molar-refractivity contribution is 5.23. The molecule has 0 bridgehead atoms. The van der Waals surface area contributed by atoms with Gasteiger partial charge in [-0.2, -0.15) is 0 Å². The monoisotopic (exact) mass is 223 g/mol. The summed E-state index contributed by atoms with van der Waals surface area (Å²) in [7, 11) is 1.69. The zero-order valence-electron chi connectivity index (χ0n) is 10.6. The first-order valence-corrected chi connectivity index (χ1v) is 5.62. The van der Waals surface area contributed by atoms with E-state index >= 15 is 0 Å². The van der Waals surface area contributed by atoms with Crippen LogP contribution in [-0.2, 0) is 10.2 Å². The fourth-order valence-electron chi connectivity index (χ4n) is 1.29. The SMILES string of the molecule is COCCCOc1ccc(C(C)(C)C)cn1. The number of pyridine rings is 1. The summed E-state index contributed by atoms with van der Waals surface area (Å²) in [5.41, 5.74) is 1.36. The van der Waals surface area contributed by atoms with Gasteiger partial charge in [0, 0.05) is 32.4 Å². The van der Waals surface area contributed by atoms with Crippen LogP contribution in [0.25, 0.3) is 0 Å². The van der Waals surface area contributed by atoms with Crippen LogP contribution in [0, 0.1) is 0 Å². The van der Waals surface area contributed by atoms with E-state index in [1.54, 1.807) is 7.11 Å². The Morgan fingerprint density at radius 1 is 1.19 bits per heavy atom. The Hall–Kier alpha value is -1.09. The molecule has 0 aliphatic carbocycles. The predicted molar refractivity (Wildman–Crippen MR) is 64.9 cm³/mol. The van der Waals surface area contributed by atoms with Crippen molar-refractivity contribution in [3.63, 3.8) is 0 Å². The van der Waals surface area contributed by atoms with Crippen molar-refractivity contribution in [2.24, 2.45) is 0 Å². The maximum absolute atomic E-state index is 5.48. The van der Waals surface area contributed by atoms with Crippen molar-refractivity contribution in [1.82, 2.24) is 4.98 Å². The van der Waals surface area contributed by atoms with E-state index in [9.17, 15) is 0 Å². The second-order valence-electron chi connectivity index (χ2n) is 4.83. The minimum atomic E-state index is 0.140. The van der Waals surface area contributed by atoms with Crippen LogP contribution < -0.4 is 4.74 Å². The van der Waals surface area contributed by atoms with Crippen LogP contribution in [0.2, 0.25) is 0 Å². The molecule has 0 atom stereocenters. The number of hydrogen-bond acceptors (Lipinski definition) is 3. The molecule has 0 amide bonds. The summed E-state index contributed by atoms with van der Waals surface area (Å²) >= 11 is 0. The molecule has 1 rings (SSSR count). The Labute approximate surface area is 97.8 Å². The molecule has 0 aliphatic rings. The molecule has 0 spiro atoms. The van der Waals surface area contributed by atoms with E-state index in [2.05, 4.69) is 31.8 Å². The third kappa shape index (κ3) is 4.19. The van der Waals surface area contributed by atoms with Crippen molar-refractivity contribution in [1.29, 1.82) is 0 Å². The maximum Gasteiger partial charge on any atom is 0.213 e. The van der Waals surface area contributed by atoms with E-state index in [0.29, 0.717) is 12.5 Å². The molecule has 0 saturated heterocycles. The van der Waals surface area contributed by atoms with Gasteiger partial charge in [-0.3, -0.25) is 0 Å². The van der Waals surface area contributed by atoms with E-state index < -0.39 is 0 Å². The second-order valence-corrected chi connectivity index (χ2v) is 4.83. The van der Waals surface area contributed by atoms with Crippen LogP contribution in [0.5, 0.6) is 5.88 Å². The average molecular weight is 223 g/mol. The van der Waals surface area contributed by atoms with Gasteiger partial charge in [-0.05, 0) is 11.0 Å². The molecule has 0 N–H and O–H groups in total. The maximum atomic E-state index is 5.48. The Bertz CT molecular complexity index is 301. The summed E-state index contributed by atoms with van der Waals surface area (Å²) in [6, 6.07) is 3.99. The van der Waals surface area contributed by atoms with Crippen molar-refractivity contribution >= 4 is 0 Å². The lowest BCUT2D eigenvalue weighted by Gasteiger charge is -2.18. The van der Waals surface area contributed by atoms with Crippen LogP contribution in [0.3, 0.4) is 0 Å². The fourth-order valence-corrected chi connectivity index (χ4v) is 1.29. The highest BCUT2D eigenvalue weighted by Gasteiger charge is 2.13. The average Bonchev–Trinajstić information content (AvgIpc) is 2.24. The standard InChI is InChI=1S/C13H21NO2/c1-13(2,3)11-6-7-12(14-10-11)16-9-5-8-15-4/h6-7,10H,5,8-9H2,1-4H3. The molecule has 0 saturated carbocycles. The summed E-state index contributed by atoms with van der Waals surface area (Å²) in [5, 5.41) is 0. The minimum Gasteiger partial charge on any atom is -0.478 e. The summed E-state index contributed by atoms with van der Waals surface area (Å²) in [6.07, 6.45) is 2.77. The van der Waals surface area contributed by atoms with Gasteiger partial charge in [-0.15, -0.1) is 0 Å². The smallest absolute Gasteiger partial charge is 0.213 e. The summed E-state index contributed by atoms with van der Waals surface area (Å²) in [4.78, 5) is 4.28. The molecule has 0 fully saturated rings. The number of methoxy groups -OCH3 is 1. The van der Waals surface area contributed by atoms with Gasteiger partial charge in [0.2, 0.25) is 5.88 Å². The highest BCUT2D eigenvalue weighted by Crippen LogP contribution is 2.22. The van der Waals surface area contributed by atoms with Crippen molar-refractivity contribution in [2.75, 3.05) is 20.3 Å². The van der Waals surface area contributed by atoms with E-state index in [0.717, 1.165) is 13.0 Å². The molecule has 3 nitrogen and oxygen atoms in total. The first-order valence-electron chi connectivity index (χ1n) is 5.62. The molecule has 90 valence electrons. The molecule has 1 aromatic heterocycles. The molecule has 1 aromatic rings. The van der Waals surface area contributed by atoms with Gasteiger partial charge in [-0.25, -0.2) is 4.98 Å². The van der Waals surface area contributed by atoms with Gasteiger partial charge in [0.25, 0.3) is 0 Å². The molecule has 3 heteroatoms. The van der Waals surface area contributed by atoms with Crippen molar-refractivity contribution in [3.8, 4) is 5.88 Å². The second kappa shape index (κ2) is 5.85. The summed E-state index contributed by atoms with van der Waals surface area (Å²) < 4.78 is 10.4. The topological polar surface area (TPSA) is 31.4 Å². The normalized spacial score (nSPS) is 11.5. The van der Waals surface area contributed by atoms with Gasteiger partial charge in [0.15, 0.2) is 0 Å². The molecular formula is C13H21NO2. The van der Waals surface area contributed by atoms with Crippen LogP contribution in [-0.4, -0.2) is 25.3 Å². The lowest BCUT2D eigenvalue weighted by Crippen LogP contribution is -2.11. The summed E-state index contributed by atoms with van der Waals surface area (Å²) in [6.45, 7) is 7.88. The van der Waals surface area contributed by atoms with E-state index in [1.807, 2.05) is 12.3 Å². The zero-order chi connectivity index (χ0) is 12.0. The Balaban J connectivity index is 2.46. The molecule has 0 aliphatic heterocycles. The quantitative estimate of drug-likeness (QED) is 0.719. The number of hydrogen-bond donors (Lipinski definition) is 0. The molecule has 0 unspecified atom stereocenters. The fraction of sp³-hybridized carbons (Fsp3) is 0.615. The first kappa shape index (κ1) is 13.0. The molecular weight excluding hydrogens is 202 g/mol. The highest BCUT2D eigenvalue weighted by atomic mass is 16.5. The Morgan fingerprint density at radius 3 is 2.44 bits per heavy atom. The van der Waals surface area contributed by atoms with Gasteiger partial charge < -0.3 is 9.47 Å². The van der Waals surface area contributed by atoms with Gasteiger partial charge in [0.1, 0.15) is 0 Å². The number of nitrogens with zero attached hydrogens (tertiary/aromatic N) is 1. The van der Waals surface area contributed by atoms with Crippen LogP contribution in [0.1, 0.15) is 32.8 Å². The largest absolute Gasteiger partial charge is 0.478 e. The minimum absolute atomic E-state index is 0.140. The predicted octanol–water partition coefficient (Wildman–Crippen LogP) is 2.79. The number of rotatable bonds is 5. The Kier molecular flexibility index (Phi) is 4.74. The van der Waals surface area contributed by atoms with Crippen molar-refractivity contribution in [3.05, 3.63) is 23.9 Å². The van der Waals surface area contributed by atoms with Gasteiger partial charge in [-0.1, -0.05) is 26.8 Å². The van der Waals surface area contributed by atoms with E-state index in [-0.39, 0.29) is 5.41 Å². The zero-order valence-corrected chi connectivity index (χ0v) is 10.6. The van der Waals surface area contributed by atoms with E-state index in [4.69, 9.17) is 9.47 Å². The third-order valence-corrected chi connectivity index (χ3v) is 2.35. The molecule has 1 heterocycles. The number of ether oxygens (including phenoxy) is 2. The molecule has 0 radical (unpaired) electrons. The van der Waals surface area contributed by atoms with Crippen LogP contribution >= 0.6 is 0 Å². The summed E-state index contributed by atoms with van der Waals surface area (Å²) in [5.74, 6) is 0.684. The third-order valence-electron chi connectivity index (χ3n) is 2.35. The lowest BCUT2D eigenvalue weighted by molar-refractivity contribution is 0.170. The van der Waals surface area contributed by atoms with Crippen LogP contribution in [0.4, 0.5) is 0 Å². The van der Waals surface area contributed by atoms with E-state index in [1.165, 1.54) is 5.56 Å². The lowest BCUT2D eigenvalue weighted by atomic mass is 9.88. The molecule has 0 aromatic carbocycles. The number of aromatic nitrogens is 1. The first-order chi connectivity index (χ1) is 7.54. The van der Waals surface area contributed by atoms with Gasteiger partial charge >= 0.3 is 0 Å². The Morgan fingerprint density at radius 2 is 1.94 bits per heavy atom.